The zero-order valence-electron chi connectivity index (χ0n) is 16.7. The predicted molar refractivity (Wildman–Crippen MR) is 109 cm³/mol. The first-order valence-corrected chi connectivity index (χ1v) is 10.9. The monoisotopic (exact) mass is 418 g/mol. The van der Waals surface area contributed by atoms with E-state index in [9.17, 15) is 13.2 Å². The lowest BCUT2D eigenvalue weighted by molar-refractivity contribution is -0.123. The lowest BCUT2D eigenvalue weighted by Crippen LogP contribution is -2.41. The van der Waals surface area contributed by atoms with Gasteiger partial charge in [0.25, 0.3) is 5.91 Å². The Morgan fingerprint density at radius 3 is 2.59 bits per heavy atom. The van der Waals surface area contributed by atoms with Gasteiger partial charge in [-0.1, -0.05) is 35.9 Å². The van der Waals surface area contributed by atoms with Crippen molar-refractivity contribution in [3.8, 4) is 5.75 Å². The lowest BCUT2D eigenvalue weighted by Gasteiger charge is -2.27. The van der Waals surface area contributed by atoms with Crippen LogP contribution < -0.4 is 10.1 Å². The second-order valence-electron chi connectivity index (χ2n) is 6.96. The second kappa shape index (κ2) is 9.39. The highest BCUT2D eigenvalue weighted by Gasteiger charge is 2.28. The number of amides is 1. The average Bonchev–Trinajstić information content (AvgIpc) is 2.72. The summed E-state index contributed by atoms with van der Waals surface area (Å²) in [4.78, 5) is 12.4. The molecule has 0 bridgehead atoms. The molecule has 7 nitrogen and oxygen atoms in total. The summed E-state index contributed by atoms with van der Waals surface area (Å²) in [6.07, 6.45) is 0. The molecular formula is C21H26N2O5S. The molecule has 1 fully saturated rings. The fourth-order valence-corrected chi connectivity index (χ4v) is 4.81. The van der Waals surface area contributed by atoms with Gasteiger partial charge in [0, 0.05) is 19.6 Å². The molecule has 1 aliphatic heterocycles. The SMILES string of the molecule is Cc1ccc(OCC(=O)NCc2ccccc2S(=O)(=O)N2CCOCC2)c(C)c1. The fourth-order valence-electron chi connectivity index (χ4n) is 3.18. The van der Waals surface area contributed by atoms with Gasteiger partial charge < -0.3 is 14.8 Å². The van der Waals surface area contributed by atoms with Gasteiger partial charge >= 0.3 is 0 Å². The van der Waals surface area contributed by atoms with Crippen molar-refractivity contribution in [3.63, 3.8) is 0 Å². The zero-order chi connectivity index (χ0) is 20.9. The van der Waals surface area contributed by atoms with Gasteiger partial charge in [-0.3, -0.25) is 4.79 Å². The number of ether oxygens (including phenoxy) is 2. The molecule has 29 heavy (non-hydrogen) atoms. The summed E-state index contributed by atoms with van der Waals surface area (Å²) >= 11 is 0. The van der Waals surface area contributed by atoms with Crippen molar-refractivity contribution in [1.82, 2.24) is 9.62 Å². The molecule has 2 aromatic rings. The highest BCUT2D eigenvalue weighted by atomic mass is 32.2. The molecule has 0 spiro atoms. The minimum atomic E-state index is -3.63. The van der Waals surface area contributed by atoms with Gasteiger partial charge in [-0.15, -0.1) is 0 Å². The second-order valence-corrected chi connectivity index (χ2v) is 8.86. The van der Waals surface area contributed by atoms with Crippen molar-refractivity contribution in [2.75, 3.05) is 32.9 Å². The number of nitrogens with one attached hydrogen (secondary N) is 1. The number of carbonyl (C=O) groups excluding carboxylic acids is 1. The summed E-state index contributed by atoms with van der Waals surface area (Å²) in [5.41, 5.74) is 2.62. The molecule has 0 atom stereocenters. The van der Waals surface area contributed by atoms with E-state index in [0.717, 1.165) is 11.1 Å². The molecule has 1 N–H and O–H groups in total. The third kappa shape index (κ3) is 5.35. The number of hydrogen-bond acceptors (Lipinski definition) is 5. The molecule has 0 radical (unpaired) electrons. The normalized spacial score (nSPS) is 15.1. The van der Waals surface area contributed by atoms with Crippen molar-refractivity contribution < 1.29 is 22.7 Å². The minimum absolute atomic E-state index is 0.106. The number of morpholine rings is 1. The first-order chi connectivity index (χ1) is 13.9. The van der Waals surface area contributed by atoms with Gasteiger partial charge in [-0.2, -0.15) is 4.31 Å². The van der Waals surface area contributed by atoms with Gasteiger partial charge in [0.05, 0.1) is 18.1 Å². The van der Waals surface area contributed by atoms with Crippen LogP contribution in [0.5, 0.6) is 5.75 Å². The number of aryl methyl sites for hydroxylation is 2. The molecular weight excluding hydrogens is 392 g/mol. The van der Waals surface area contributed by atoms with Crippen molar-refractivity contribution >= 4 is 15.9 Å². The zero-order valence-corrected chi connectivity index (χ0v) is 17.5. The van der Waals surface area contributed by atoms with Crippen LogP contribution in [0.4, 0.5) is 0 Å². The number of hydrogen-bond donors (Lipinski definition) is 1. The maximum absolute atomic E-state index is 13.0. The molecule has 0 aliphatic carbocycles. The standard InChI is InChI=1S/C21H26N2O5S/c1-16-7-8-19(17(2)13-16)28-15-21(24)22-14-18-5-3-4-6-20(18)29(25,26)23-9-11-27-12-10-23/h3-8,13H,9-12,14-15H2,1-2H3,(H,22,24). The maximum Gasteiger partial charge on any atom is 0.258 e. The van der Waals surface area contributed by atoms with E-state index in [1.807, 2.05) is 32.0 Å². The third-order valence-electron chi connectivity index (χ3n) is 4.73. The summed E-state index contributed by atoms with van der Waals surface area (Å²) in [5, 5.41) is 2.74. The quantitative estimate of drug-likeness (QED) is 0.744. The minimum Gasteiger partial charge on any atom is -0.484 e. The van der Waals surface area contributed by atoms with Gasteiger partial charge in [0.2, 0.25) is 10.0 Å². The van der Waals surface area contributed by atoms with E-state index in [2.05, 4.69) is 5.32 Å². The molecule has 0 saturated carbocycles. The van der Waals surface area contributed by atoms with Gasteiger partial charge in [0.1, 0.15) is 5.75 Å². The first kappa shape index (κ1) is 21.3. The lowest BCUT2D eigenvalue weighted by atomic mass is 10.1. The highest BCUT2D eigenvalue weighted by molar-refractivity contribution is 7.89. The average molecular weight is 419 g/mol. The van der Waals surface area contributed by atoms with Crippen molar-refractivity contribution in [2.24, 2.45) is 0 Å². The Bertz CT molecular complexity index is 969. The van der Waals surface area contributed by atoms with Gasteiger partial charge in [0.15, 0.2) is 6.61 Å². The largest absolute Gasteiger partial charge is 0.484 e. The number of rotatable bonds is 7. The van der Waals surface area contributed by atoms with Crippen LogP contribution in [0.15, 0.2) is 47.4 Å². The fraction of sp³-hybridized carbons (Fsp3) is 0.381. The molecule has 2 aromatic carbocycles. The van der Waals surface area contributed by atoms with Crippen LogP contribution in [0.3, 0.4) is 0 Å². The van der Waals surface area contributed by atoms with Crippen LogP contribution >= 0.6 is 0 Å². The van der Waals surface area contributed by atoms with E-state index in [1.165, 1.54) is 4.31 Å². The number of benzene rings is 2. The van der Waals surface area contributed by atoms with E-state index in [4.69, 9.17) is 9.47 Å². The molecule has 3 rings (SSSR count). The Kier molecular flexibility index (Phi) is 6.89. The van der Waals surface area contributed by atoms with E-state index in [-0.39, 0.29) is 24.0 Å². The maximum atomic E-state index is 13.0. The topological polar surface area (TPSA) is 84.9 Å². The summed E-state index contributed by atoms with van der Waals surface area (Å²) < 4.78 is 38.2. The van der Waals surface area contributed by atoms with Crippen LogP contribution in [0.25, 0.3) is 0 Å². The molecule has 156 valence electrons. The summed E-state index contributed by atoms with van der Waals surface area (Å²) in [6.45, 7) is 5.30. The third-order valence-corrected chi connectivity index (χ3v) is 6.72. The van der Waals surface area contributed by atoms with Gasteiger partial charge in [-0.05, 0) is 37.1 Å². The molecule has 1 saturated heterocycles. The first-order valence-electron chi connectivity index (χ1n) is 9.50. The summed E-state index contributed by atoms with van der Waals surface area (Å²) in [7, 11) is -3.63. The Labute approximate surface area is 171 Å². The van der Waals surface area contributed by atoms with Gasteiger partial charge in [-0.25, -0.2) is 8.42 Å². The molecule has 1 amide bonds. The molecule has 8 heteroatoms. The van der Waals surface area contributed by atoms with E-state index in [0.29, 0.717) is 37.6 Å². The predicted octanol–water partition coefficient (Wildman–Crippen LogP) is 2.02. The van der Waals surface area contributed by atoms with Crippen LogP contribution in [0.2, 0.25) is 0 Å². The van der Waals surface area contributed by atoms with E-state index < -0.39 is 10.0 Å². The highest BCUT2D eigenvalue weighted by Crippen LogP contribution is 2.21. The number of carbonyl (C=O) groups is 1. The number of sulfonamides is 1. The Balaban J connectivity index is 1.62. The summed E-state index contributed by atoms with van der Waals surface area (Å²) in [6, 6.07) is 12.5. The van der Waals surface area contributed by atoms with Crippen LogP contribution in [0, 0.1) is 13.8 Å². The van der Waals surface area contributed by atoms with Crippen LogP contribution in [-0.4, -0.2) is 51.5 Å². The van der Waals surface area contributed by atoms with Crippen molar-refractivity contribution in [1.29, 1.82) is 0 Å². The summed E-state index contributed by atoms with van der Waals surface area (Å²) in [5.74, 6) is 0.338. The Hall–Kier alpha value is -2.42. The molecule has 0 unspecified atom stereocenters. The number of nitrogens with zero attached hydrogens (tertiary/aromatic N) is 1. The Morgan fingerprint density at radius 1 is 1.14 bits per heavy atom. The molecule has 1 aliphatic rings. The van der Waals surface area contributed by atoms with E-state index >= 15 is 0 Å². The van der Waals surface area contributed by atoms with Crippen molar-refractivity contribution in [3.05, 3.63) is 59.2 Å². The Morgan fingerprint density at radius 2 is 1.86 bits per heavy atom. The molecule has 0 aromatic heterocycles. The molecule has 1 heterocycles. The van der Waals surface area contributed by atoms with Crippen LogP contribution in [-0.2, 0) is 26.1 Å². The van der Waals surface area contributed by atoms with E-state index in [1.54, 1.807) is 24.3 Å². The van der Waals surface area contributed by atoms with Crippen molar-refractivity contribution in [2.45, 2.75) is 25.3 Å². The van der Waals surface area contributed by atoms with Crippen LogP contribution in [0.1, 0.15) is 16.7 Å². The smallest absolute Gasteiger partial charge is 0.258 e.